The molecular weight excluding hydrogens is 504 g/mol. The zero-order valence-electron chi connectivity index (χ0n) is 20.0. The van der Waals surface area contributed by atoms with E-state index in [1.54, 1.807) is 6.20 Å². The molecular formula is C27H31BrN6O. The number of piperidine rings is 1. The van der Waals surface area contributed by atoms with Crippen LogP contribution in [-0.4, -0.2) is 45.6 Å². The van der Waals surface area contributed by atoms with Crippen molar-refractivity contribution in [2.75, 3.05) is 31.5 Å². The molecule has 0 aliphatic carbocycles. The maximum atomic E-state index is 6.16. The number of pyridine rings is 1. The van der Waals surface area contributed by atoms with E-state index in [1.165, 1.54) is 32.4 Å². The third-order valence-corrected chi connectivity index (χ3v) is 6.86. The number of hydrogen-bond donors (Lipinski definition) is 2. The Bertz CT molecular complexity index is 1270. The van der Waals surface area contributed by atoms with Crippen LogP contribution in [0.4, 0.5) is 11.6 Å². The Morgan fingerprint density at radius 3 is 2.60 bits per heavy atom. The lowest BCUT2D eigenvalue weighted by atomic mass is 10.1. The van der Waals surface area contributed by atoms with Crippen LogP contribution in [-0.2, 0) is 13.6 Å². The van der Waals surface area contributed by atoms with Crippen molar-refractivity contribution in [2.24, 2.45) is 7.05 Å². The van der Waals surface area contributed by atoms with E-state index in [-0.39, 0.29) is 0 Å². The first kappa shape index (κ1) is 23.8. The van der Waals surface area contributed by atoms with Gasteiger partial charge in [0.25, 0.3) is 0 Å². The summed E-state index contributed by atoms with van der Waals surface area (Å²) in [5.74, 6) is 2.30. The normalized spacial score (nSPS) is 14.3. The third kappa shape index (κ3) is 6.20. The summed E-state index contributed by atoms with van der Waals surface area (Å²) in [5, 5.41) is 6.90. The van der Waals surface area contributed by atoms with Crippen molar-refractivity contribution in [3.63, 3.8) is 0 Å². The van der Waals surface area contributed by atoms with Crippen LogP contribution >= 0.6 is 15.9 Å². The third-order valence-electron chi connectivity index (χ3n) is 6.34. The number of nitrogens with one attached hydrogen (secondary N) is 2. The Morgan fingerprint density at radius 1 is 0.971 bits per heavy atom. The zero-order valence-corrected chi connectivity index (χ0v) is 21.6. The number of nitrogens with zero attached hydrogens (tertiary/aromatic N) is 4. The van der Waals surface area contributed by atoms with E-state index in [9.17, 15) is 0 Å². The van der Waals surface area contributed by atoms with E-state index < -0.39 is 0 Å². The topological polar surface area (TPSA) is 67.2 Å². The highest BCUT2D eigenvalue weighted by Gasteiger charge is 2.11. The second-order valence-electron chi connectivity index (χ2n) is 8.94. The molecule has 0 atom stereocenters. The Morgan fingerprint density at radius 2 is 1.77 bits per heavy atom. The quantitative estimate of drug-likeness (QED) is 0.263. The molecule has 2 aromatic heterocycles. The summed E-state index contributed by atoms with van der Waals surface area (Å²) in [4.78, 5) is 11.8. The van der Waals surface area contributed by atoms with Gasteiger partial charge in [-0.15, -0.1) is 0 Å². The van der Waals surface area contributed by atoms with E-state index in [0.717, 1.165) is 64.0 Å². The van der Waals surface area contributed by atoms with E-state index >= 15 is 0 Å². The standard InChI is InChI=1S/C27H31BrN6O/c1-33-26-10-9-23(18-25(26)32-27(33)31-21-7-5-20(28)6-8-21)35-24-11-12-30-22(17-24)19-29-13-16-34-14-3-2-4-15-34/h5-12,17-18,29H,2-4,13-16,19H2,1H3,(H,31,32). The van der Waals surface area contributed by atoms with Gasteiger partial charge in [-0.25, -0.2) is 4.98 Å². The lowest BCUT2D eigenvalue weighted by Gasteiger charge is -2.26. The van der Waals surface area contributed by atoms with Gasteiger partial charge in [-0.3, -0.25) is 4.98 Å². The number of likely N-dealkylation sites (tertiary alicyclic amines) is 1. The van der Waals surface area contributed by atoms with Crippen LogP contribution in [0.1, 0.15) is 25.0 Å². The van der Waals surface area contributed by atoms with Crippen LogP contribution in [0.25, 0.3) is 11.0 Å². The lowest BCUT2D eigenvalue weighted by Crippen LogP contribution is -2.35. The van der Waals surface area contributed by atoms with Crippen LogP contribution in [0.15, 0.2) is 65.3 Å². The fraction of sp³-hybridized carbons (Fsp3) is 0.333. The zero-order chi connectivity index (χ0) is 24.0. The van der Waals surface area contributed by atoms with Gasteiger partial charge in [-0.05, 0) is 68.4 Å². The van der Waals surface area contributed by atoms with Gasteiger partial charge >= 0.3 is 0 Å². The molecule has 7 nitrogen and oxygen atoms in total. The van der Waals surface area contributed by atoms with Gasteiger partial charge < -0.3 is 24.8 Å². The predicted octanol–water partition coefficient (Wildman–Crippen LogP) is 5.84. The van der Waals surface area contributed by atoms with E-state index in [1.807, 2.05) is 66.2 Å². The van der Waals surface area contributed by atoms with Crippen LogP contribution in [0.5, 0.6) is 11.5 Å². The summed E-state index contributed by atoms with van der Waals surface area (Å²) < 4.78 is 9.25. The summed E-state index contributed by atoms with van der Waals surface area (Å²) in [6.45, 7) is 5.26. The minimum Gasteiger partial charge on any atom is -0.457 e. The Hall–Kier alpha value is -2.94. The molecule has 35 heavy (non-hydrogen) atoms. The van der Waals surface area contributed by atoms with Gasteiger partial charge in [-0.1, -0.05) is 22.4 Å². The summed E-state index contributed by atoms with van der Waals surface area (Å²) in [7, 11) is 2.00. The molecule has 5 rings (SSSR count). The number of aromatic nitrogens is 3. The Kier molecular flexibility index (Phi) is 7.61. The van der Waals surface area contributed by atoms with Gasteiger partial charge in [0.05, 0.1) is 16.7 Å². The van der Waals surface area contributed by atoms with Crippen LogP contribution in [0.2, 0.25) is 0 Å². The van der Waals surface area contributed by atoms with E-state index in [4.69, 9.17) is 9.72 Å². The largest absolute Gasteiger partial charge is 0.457 e. The molecule has 2 N–H and O–H groups in total. The van der Waals surface area contributed by atoms with Crippen molar-refractivity contribution >= 4 is 38.6 Å². The number of hydrogen-bond acceptors (Lipinski definition) is 6. The highest BCUT2D eigenvalue weighted by atomic mass is 79.9. The maximum Gasteiger partial charge on any atom is 0.208 e. The van der Waals surface area contributed by atoms with Crippen molar-refractivity contribution in [2.45, 2.75) is 25.8 Å². The fourth-order valence-electron chi connectivity index (χ4n) is 4.41. The van der Waals surface area contributed by atoms with Crippen molar-refractivity contribution in [3.05, 3.63) is 71.0 Å². The van der Waals surface area contributed by atoms with Crippen LogP contribution in [0.3, 0.4) is 0 Å². The molecule has 1 fully saturated rings. The lowest BCUT2D eigenvalue weighted by molar-refractivity contribution is 0.229. The smallest absolute Gasteiger partial charge is 0.208 e. The highest BCUT2D eigenvalue weighted by molar-refractivity contribution is 9.10. The van der Waals surface area contributed by atoms with Crippen molar-refractivity contribution in [1.82, 2.24) is 24.8 Å². The number of benzene rings is 2. The predicted molar refractivity (Wildman–Crippen MR) is 144 cm³/mol. The molecule has 1 saturated heterocycles. The molecule has 0 unspecified atom stereocenters. The molecule has 3 heterocycles. The van der Waals surface area contributed by atoms with Crippen molar-refractivity contribution in [3.8, 4) is 11.5 Å². The van der Waals surface area contributed by atoms with Gasteiger partial charge in [0.1, 0.15) is 11.5 Å². The monoisotopic (exact) mass is 534 g/mol. The second-order valence-corrected chi connectivity index (χ2v) is 9.86. The molecule has 4 aromatic rings. The number of aryl methyl sites for hydroxylation is 1. The Balaban J connectivity index is 1.20. The first-order valence-corrected chi connectivity index (χ1v) is 13.0. The van der Waals surface area contributed by atoms with Crippen LogP contribution in [0, 0.1) is 0 Å². The number of halogens is 1. The molecule has 8 heteroatoms. The number of imidazole rings is 1. The molecule has 1 aliphatic rings. The molecule has 0 radical (unpaired) electrons. The molecule has 0 amide bonds. The van der Waals surface area contributed by atoms with Gasteiger partial charge in [-0.2, -0.15) is 0 Å². The maximum absolute atomic E-state index is 6.16. The highest BCUT2D eigenvalue weighted by Crippen LogP contribution is 2.28. The Labute approximate surface area is 214 Å². The minimum atomic E-state index is 0.732. The first-order chi connectivity index (χ1) is 17.1. The van der Waals surface area contributed by atoms with E-state index in [2.05, 4.69) is 36.4 Å². The molecule has 0 saturated carbocycles. The summed E-state index contributed by atoms with van der Waals surface area (Å²) in [5.41, 5.74) is 3.86. The molecule has 2 aromatic carbocycles. The van der Waals surface area contributed by atoms with Crippen molar-refractivity contribution < 1.29 is 4.74 Å². The average molecular weight is 535 g/mol. The minimum absolute atomic E-state index is 0.732. The summed E-state index contributed by atoms with van der Waals surface area (Å²) in [6.07, 6.45) is 5.83. The number of rotatable bonds is 9. The average Bonchev–Trinajstić information content (AvgIpc) is 3.18. The first-order valence-electron chi connectivity index (χ1n) is 12.2. The van der Waals surface area contributed by atoms with Gasteiger partial charge in [0.15, 0.2) is 0 Å². The van der Waals surface area contributed by atoms with Gasteiger partial charge in [0.2, 0.25) is 5.95 Å². The fourth-order valence-corrected chi connectivity index (χ4v) is 4.67. The van der Waals surface area contributed by atoms with Gasteiger partial charge in [0, 0.05) is 55.2 Å². The number of ether oxygens (including phenoxy) is 1. The second kappa shape index (κ2) is 11.2. The van der Waals surface area contributed by atoms with E-state index in [0.29, 0.717) is 0 Å². The van der Waals surface area contributed by atoms with Crippen LogP contribution < -0.4 is 15.4 Å². The SMILES string of the molecule is Cn1c(Nc2ccc(Br)cc2)nc2cc(Oc3ccnc(CNCCN4CCCCC4)c3)ccc21. The molecule has 1 aliphatic heterocycles. The molecule has 0 spiro atoms. The number of anilines is 2. The summed E-state index contributed by atoms with van der Waals surface area (Å²) in [6, 6.07) is 17.9. The molecule has 182 valence electrons. The molecule has 0 bridgehead atoms. The summed E-state index contributed by atoms with van der Waals surface area (Å²) >= 11 is 3.47. The van der Waals surface area contributed by atoms with Crippen molar-refractivity contribution in [1.29, 1.82) is 0 Å². The number of fused-ring (bicyclic) bond motifs is 1.